The van der Waals surface area contributed by atoms with Gasteiger partial charge in [-0.1, -0.05) is 26.5 Å². The number of allylic oxidation sites excluding steroid dienone is 2. The Labute approximate surface area is 124 Å². The molecule has 0 aromatic heterocycles. The lowest BCUT2D eigenvalue weighted by Gasteiger charge is -2.38. The third-order valence-corrected chi connectivity index (χ3v) is 4.01. The molecule has 1 fully saturated rings. The molecule has 0 N–H and O–H groups in total. The van der Waals surface area contributed by atoms with Crippen LogP contribution in [0.3, 0.4) is 0 Å². The van der Waals surface area contributed by atoms with Gasteiger partial charge in [0.1, 0.15) is 5.76 Å². The van der Waals surface area contributed by atoms with Crippen LogP contribution in [-0.2, 0) is 4.74 Å². The lowest BCUT2D eigenvalue weighted by Crippen LogP contribution is -2.41. The second-order valence-electron chi connectivity index (χ2n) is 5.74. The van der Waals surface area contributed by atoms with Crippen LogP contribution in [0, 0.1) is 0 Å². The van der Waals surface area contributed by atoms with Gasteiger partial charge in [-0.2, -0.15) is 0 Å². The summed E-state index contributed by atoms with van der Waals surface area (Å²) in [6, 6.07) is 0.692. The number of nitrogens with zero attached hydrogens (tertiary/aromatic N) is 2. The Hall–Kier alpha value is -1.22. The number of ether oxygens (including phenoxy) is 1. The van der Waals surface area contributed by atoms with Crippen LogP contribution in [-0.4, -0.2) is 50.1 Å². The summed E-state index contributed by atoms with van der Waals surface area (Å²) in [4.78, 5) is 4.76. The highest BCUT2D eigenvalue weighted by molar-refractivity contribution is 5.32. The van der Waals surface area contributed by atoms with Gasteiger partial charge in [0.25, 0.3) is 0 Å². The molecule has 0 aromatic rings. The van der Waals surface area contributed by atoms with Crippen molar-refractivity contribution in [2.45, 2.75) is 38.6 Å². The minimum atomic E-state index is 0.692. The van der Waals surface area contributed by atoms with Crippen LogP contribution in [0.15, 0.2) is 36.3 Å². The van der Waals surface area contributed by atoms with Crippen molar-refractivity contribution < 1.29 is 4.74 Å². The summed E-state index contributed by atoms with van der Waals surface area (Å²) in [5.41, 5.74) is 2.39. The van der Waals surface area contributed by atoms with Gasteiger partial charge in [0.2, 0.25) is 0 Å². The van der Waals surface area contributed by atoms with Crippen molar-refractivity contribution in [3.63, 3.8) is 0 Å². The normalized spacial score (nSPS) is 17.4. The van der Waals surface area contributed by atoms with Gasteiger partial charge < -0.3 is 14.5 Å². The molecule has 0 radical (unpaired) electrons. The molecule has 3 nitrogen and oxygen atoms in total. The Morgan fingerprint density at radius 2 is 1.90 bits per heavy atom. The van der Waals surface area contributed by atoms with Crippen molar-refractivity contribution in [2.75, 3.05) is 34.3 Å². The van der Waals surface area contributed by atoms with E-state index in [-0.39, 0.29) is 0 Å². The first-order chi connectivity index (χ1) is 9.49. The van der Waals surface area contributed by atoms with Crippen LogP contribution in [0.1, 0.15) is 32.6 Å². The molecular weight excluding hydrogens is 248 g/mol. The van der Waals surface area contributed by atoms with Gasteiger partial charge in [0.05, 0.1) is 7.11 Å². The molecule has 0 aromatic carbocycles. The average Bonchev–Trinajstić information content (AvgIpc) is 2.44. The minimum absolute atomic E-state index is 0.692. The maximum absolute atomic E-state index is 5.21. The SMILES string of the molecule is C=C(/C=C(\C(=C)CCC)N1CCC(N(C)C)CC1)OC. The Bertz CT molecular complexity index is 363. The predicted octanol–water partition coefficient (Wildman–Crippen LogP) is 3.41. The zero-order valence-corrected chi connectivity index (χ0v) is 13.6. The molecule has 0 spiro atoms. The molecule has 1 saturated heterocycles. The zero-order valence-electron chi connectivity index (χ0n) is 13.6. The van der Waals surface area contributed by atoms with E-state index in [1.54, 1.807) is 7.11 Å². The lowest BCUT2D eigenvalue weighted by molar-refractivity contribution is 0.171. The molecule has 20 heavy (non-hydrogen) atoms. The van der Waals surface area contributed by atoms with E-state index >= 15 is 0 Å². The molecule has 1 aliphatic heterocycles. The summed E-state index contributed by atoms with van der Waals surface area (Å²) < 4.78 is 5.21. The molecule has 0 atom stereocenters. The quantitative estimate of drug-likeness (QED) is 0.524. The number of piperidine rings is 1. The molecular formula is C17H30N2O. The maximum Gasteiger partial charge on any atom is 0.113 e. The fraction of sp³-hybridized carbons (Fsp3) is 0.647. The molecule has 1 heterocycles. The predicted molar refractivity (Wildman–Crippen MR) is 86.6 cm³/mol. The van der Waals surface area contributed by atoms with Crippen LogP contribution in [0.2, 0.25) is 0 Å². The topological polar surface area (TPSA) is 15.7 Å². The van der Waals surface area contributed by atoms with Gasteiger partial charge in [0, 0.05) is 30.9 Å². The smallest absolute Gasteiger partial charge is 0.113 e. The van der Waals surface area contributed by atoms with E-state index in [4.69, 9.17) is 4.74 Å². The van der Waals surface area contributed by atoms with Crippen molar-refractivity contribution >= 4 is 0 Å². The van der Waals surface area contributed by atoms with Gasteiger partial charge in [-0.05, 0) is 38.9 Å². The Morgan fingerprint density at radius 3 is 2.35 bits per heavy atom. The van der Waals surface area contributed by atoms with Crippen LogP contribution in [0.5, 0.6) is 0 Å². The minimum Gasteiger partial charge on any atom is -0.497 e. The van der Waals surface area contributed by atoms with Gasteiger partial charge in [0.15, 0.2) is 0 Å². The summed E-state index contributed by atoms with van der Waals surface area (Å²) in [5.74, 6) is 0.701. The third kappa shape index (κ3) is 4.71. The highest BCUT2D eigenvalue weighted by Gasteiger charge is 2.22. The van der Waals surface area contributed by atoms with E-state index in [1.807, 2.05) is 6.08 Å². The number of methoxy groups -OCH3 is 1. The van der Waals surface area contributed by atoms with E-state index in [1.165, 1.54) is 24.1 Å². The Balaban J connectivity index is 2.77. The van der Waals surface area contributed by atoms with Crippen molar-refractivity contribution in [3.8, 4) is 0 Å². The van der Waals surface area contributed by atoms with Crippen LogP contribution < -0.4 is 0 Å². The number of hydrogen-bond acceptors (Lipinski definition) is 3. The first-order valence-electron chi connectivity index (χ1n) is 7.53. The van der Waals surface area contributed by atoms with E-state index in [0.717, 1.165) is 25.9 Å². The molecule has 1 aliphatic rings. The maximum atomic E-state index is 5.21. The molecule has 114 valence electrons. The van der Waals surface area contributed by atoms with Gasteiger partial charge in [-0.3, -0.25) is 0 Å². The lowest BCUT2D eigenvalue weighted by atomic mass is 10.0. The molecule has 0 bridgehead atoms. The van der Waals surface area contributed by atoms with Gasteiger partial charge >= 0.3 is 0 Å². The molecule has 0 aliphatic carbocycles. The van der Waals surface area contributed by atoms with E-state index < -0.39 is 0 Å². The fourth-order valence-corrected chi connectivity index (χ4v) is 2.68. The second kappa shape index (κ2) is 8.15. The van der Waals surface area contributed by atoms with Gasteiger partial charge in [-0.15, -0.1) is 0 Å². The first-order valence-corrected chi connectivity index (χ1v) is 7.53. The van der Waals surface area contributed by atoms with E-state index in [2.05, 4.69) is 44.0 Å². The summed E-state index contributed by atoms with van der Waals surface area (Å²) in [7, 11) is 6.00. The summed E-state index contributed by atoms with van der Waals surface area (Å²) in [6.07, 6.45) is 6.57. The summed E-state index contributed by atoms with van der Waals surface area (Å²) in [5, 5.41) is 0. The standard InChI is InChI=1S/C17H30N2O/c1-7-8-14(2)17(13-15(3)20-6)19-11-9-16(10-12-19)18(4)5/h13,16H,2-3,7-12H2,1,4-6H3/b17-13+. The highest BCUT2D eigenvalue weighted by Crippen LogP contribution is 2.25. The van der Waals surface area contributed by atoms with Crippen molar-refractivity contribution in [1.29, 1.82) is 0 Å². The van der Waals surface area contributed by atoms with Crippen LogP contribution >= 0.6 is 0 Å². The Morgan fingerprint density at radius 1 is 1.30 bits per heavy atom. The van der Waals surface area contributed by atoms with Crippen molar-refractivity contribution in [1.82, 2.24) is 9.80 Å². The van der Waals surface area contributed by atoms with Gasteiger partial charge in [-0.25, -0.2) is 0 Å². The highest BCUT2D eigenvalue weighted by atomic mass is 16.5. The molecule has 0 amide bonds. The molecule has 0 unspecified atom stereocenters. The van der Waals surface area contributed by atoms with E-state index in [9.17, 15) is 0 Å². The van der Waals surface area contributed by atoms with Crippen LogP contribution in [0.4, 0.5) is 0 Å². The number of hydrogen-bond donors (Lipinski definition) is 0. The van der Waals surface area contributed by atoms with E-state index in [0.29, 0.717) is 11.8 Å². The fourth-order valence-electron chi connectivity index (χ4n) is 2.68. The average molecular weight is 278 g/mol. The monoisotopic (exact) mass is 278 g/mol. The number of rotatable bonds is 7. The summed E-state index contributed by atoms with van der Waals surface area (Å²) in [6.45, 7) is 12.5. The third-order valence-electron chi connectivity index (χ3n) is 4.01. The number of likely N-dealkylation sites (tertiary alicyclic amines) is 1. The van der Waals surface area contributed by atoms with Crippen LogP contribution in [0.25, 0.3) is 0 Å². The molecule has 3 heteroatoms. The first kappa shape index (κ1) is 16.8. The second-order valence-corrected chi connectivity index (χ2v) is 5.74. The summed E-state index contributed by atoms with van der Waals surface area (Å²) >= 11 is 0. The van der Waals surface area contributed by atoms with Crippen molar-refractivity contribution in [2.24, 2.45) is 0 Å². The molecule has 0 saturated carbocycles. The Kier molecular flexibility index (Phi) is 6.86. The van der Waals surface area contributed by atoms with Crippen molar-refractivity contribution in [3.05, 3.63) is 36.3 Å². The molecule has 1 rings (SSSR count). The largest absolute Gasteiger partial charge is 0.497 e. The zero-order chi connectivity index (χ0) is 15.1.